The molecule has 1 atom stereocenters. The van der Waals surface area contributed by atoms with E-state index in [0.717, 1.165) is 19.3 Å². The third-order valence-electron chi connectivity index (χ3n) is 3.06. The van der Waals surface area contributed by atoms with E-state index >= 15 is 0 Å². The number of benzene rings is 1. The molecule has 1 heteroatoms. The summed E-state index contributed by atoms with van der Waals surface area (Å²) in [6.07, 6.45) is 2.81. The monoisotopic (exact) mass is 220 g/mol. The molecule has 1 unspecified atom stereocenters. The van der Waals surface area contributed by atoms with Crippen molar-refractivity contribution < 1.29 is 5.11 Å². The van der Waals surface area contributed by atoms with Crippen LogP contribution in [0.2, 0.25) is 0 Å². The Morgan fingerprint density at radius 3 is 2.19 bits per heavy atom. The van der Waals surface area contributed by atoms with Crippen molar-refractivity contribution in [3.05, 3.63) is 35.4 Å². The highest BCUT2D eigenvalue weighted by atomic mass is 16.3. The lowest BCUT2D eigenvalue weighted by Crippen LogP contribution is -2.25. The van der Waals surface area contributed by atoms with Crippen molar-refractivity contribution >= 4 is 0 Å². The third-order valence-corrected chi connectivity index (χ3v) is 3.06. The SMILES string of the molecule is Cc1ccc(CCCC(O)C(C)(C)C)cc1. The molecule has 1 N–H and O–H groups in total. The molecule has 0 saturated carbocycles. The summed E-state index contributed by atoms with van der Waals surface area (Å²) in [6, 6.07) is 8.66. The van der Waals surface area contributed by atoms with Crippen molar-refractivity contribution in [1.82, 2.24) is 0 Å². The maximum atomic E-state index is 9.91. The molecular formula is C15H24O. The minimum atomic E-state index is -0.196. The topological polar surface area (TPSA) is 20.2 Å². The highest BCUT2D eigenvalue weighted by Crippen LogP contribution is 2.23. The minimum absolute atomic E-state index is 0.00722. The Hall–Kier alpha value is -0.820. The van der Waals surface area contributed by atoms with E-state index in [2.05, 4.69) is 52.0 Å². The summed E-state index contributed by atoms with van der Waals surface area (Å²) >= 11 is 0. The molecule has 0 bridgehead atoms. The molecule has 1 nitrogen and oxygen atoms in total. The largest absolute Gasteiger partial charge is 0.393 e. The molecule has 0 aliphatic carbocycles. The van der Waals surface area contributed by atoms with Crippen molar-refractivity contribution in [3.8, 4) is 0 Å². The predicted molar refractivity (Wildman–Crippen MR) is 69.6 cm³/mol. The second-order valence-electron chi connectivity index (χ2n) is 5.76. The molecule has 0 aliphatic rings. The molecule has 1 aromatic rings. The van der Waals surface area contributed by atoms with E-state index in [-0.39, 0.29) is 11.5 Å². The number of rotatable bonds is 4. The fourth-order valence-corrected chi connectivity index (χ4v) is 1.69. The van der Waals surface area contributed by atoms with Gasteiger partial charge in [0, 0.05) is 0 Å². The molecule has 0 fully saturated rings. The van der Waals surface area contributed by atoms with Crippen LogP contribution >= 0.6 is 0 Å². The van der Waals surface area contributed by atoms with E-state index in [1.165, 1.54) is 11.1 Å². The maximum Gasteiger partial charge on any atom is 0.0588 e. The average Bonchev–Trinajstić information content (AvgIpc) is 2.19. The van der Waals surface area contributed by atoms with Gasteiger partial charge in [0.25, 0.3) is 0 Å². The van der Waals surface area contributed by atoms with Gasteiger partial charge in [-0.25, -0.2) is 0 Å². The highest BCUT2D eigenvalue weighted by molar-refractivity contribution is 5.21. The number of hydrogen-bond acceptors (Lipinski definition) is 1. The van der Waals surface area contributed by atoms with E-state index in [9.17, 15) is 5.11 Å². The first-order valence-corrected chi connectivity index (χ1v) is 6.13. The minimum Gasteiger partial charge on any atom is -0.393 e. The van der Waals surface area contributed by atoms with E-state index in [1.54, 1.807) is 0 Å². The van der Waals surface area contributed by atoms with Crippen molar-refractivity contribution in [2.24, 2.45) is 5.41 Å². The summed E-state index contributed by atoms with van der Waals surface area (Å²) in [5.74, 6) is 0. The molecule has 0 aromatic heterocycles. The average molecular weight is 220 g/mol. The fraction of sp³-hybridized carbons (Fsp3) is 0.600. The van der Waals surface area contributed by atoms with Crippen LogP contribution in [0, 0.1) is 12.3 Å². The van der Waals surface area contributed by atoms with E-state index in [0.29, 0.717) is 0 Å². The van der Waals surface area contributed by atoms with Gasteiger partial charge in [-0.3, -0.25) is 0 Å². The second-order valence-corrected chi connectivity index (χ2v) is 5.76. The van der Waals surface area contributed by atoms with Crippen LogP contribution in [-0.2, 0) is 6.42 Å². The van der Waals surface area contributed by atoms with Crippen LogP contribution < -0.4 is 0 Å². The first-order chi connectivity index (χ1) is 7.39. The quantitative estimate of drug-likeness (QED) is 0.820. The fourth-order valence-electron chi connectivity index (χ4n) is 1.69. The molecule has 0 amide bonds. The zero-order valence-corrected chi connectivity index (χ0v) is 11.0. The van der Waals surface area contributed by atoms with Crippen LogP contribution in [0.3, 0.4) is 0 Å². The lowest BCUT2D eigenvalue weighted by atomic mass is 9.86. The molecule has 0 aliphatic heterocycles. The van der Waals surface area contributed by atoms with Crippen molar-refractivity contribution in [2.45, 2.75) is 53.1 Å². The zero-order chi connectivity index (χ0) is 12.2. The van der Waals surface area contributed by atoms with Gasteiger partial charge in [-0.05, 0) is 37.2 Å². The van der Waals surface area contributed by atoms with Gasteiger partial charge in [-0.2, -0.15) is 0 Å². The predicted octanol–water partition coefficient (Wildman–Crippen LogP) is 3.72. The summed E-state index contributed by atoms with van der Waals surface area (Å²) in [6.45, 7) is 8.36. The number of aliphatic hydroxyl groups is 1. The lowest BCUT2D eigenvalue weighted by Gasteiger charge is -2.25. The molecule has 0 heterocycles. The smallest absolute Gasteiger partial charge is 0.0588 e. The van der Waals surface area contributed by atoms with Crippen LogP contribution in [-0.4, -0.2) is 11.2 Å². The molecule has 90 valence electrons. The normalized spacial score (nSPS) is 13.8. The number of aliphatic hydroxyl groups excluding tert-OH is 1. The van der Waals surface area contributed by atoms with Gasteiger partial charge in [0.2, 0.25) is 0 Å². The van der Waals surface area contributed by atoms with Crippen LogP contribution in [0.5, 0.6) is 0 Å². The Morgan fingerprint density at radius 1 is 1.12 bits per heavy atom. The van der Waals surface area contributed by atoms with Crippen molar-refractivity contribution in [1.29, 1.82) is 0 Å². The lowest BCUT2D eigenvalue weighted by molar-refractivity contribution is 0.0540. The van der Waals surface area contributed by atoms with Gasteiger partial charge >= 0.3 is 0 Å². The summed E-state index contributed by atoms with van der Waals surface area (Å²) < 4.78 is 0. The van der Waals surface area contributed by atoms with Gasteiger partial charge in [0.15, 0.2) is 0 Å². The Morgan fingerprint density at radius 2 is 1.69 bits per heavy atom. The van der Waals surface area contributed by atoms with Gasteiger partial charge in [0.1, 0.15) is 0 Å². The standard InChI is InChI=1S/C15H24O/c1-12-8-10-13(11-9-12)6-5-7-14(16)15(2,3)4/h8-11,14,16H,5-7H2,1-4H3. The van der Waals surface area contributed by atoms with Gasteiger partial charge < -0.3 is 5.11 Å². The Kier molecular flexibility index (Phi) is 4.55. The Labute approximate surface area is 99.5 Å². The van der Waals surface area contributed by atoms with Gasteiger partial charge in [-0.15, -0.1) is 0 Å². The van der Waals surface area contributed by atoms with E-state index in [4.69, 9.17) is 0 Å². The second kappa shape index (κ2) is 5.49. The third kappa shape index (κ3) is 4.36. The molecule has 1 rings (SSSR count). The maximum absolute atomic E-state index is 9.91. The van der Waals surface area contributed by atoms with Gasteiger partial charge in [0.05, 0.1) is 6.10 Å². The summed E-state index contributed by atoms with van der Waals surface area (Å²) in [4.78, 5) is 0. The van der Waals surface area contributed by atoms with Crippen molar-refractivity contribution in [2.75, 3.05) is 0 Å². The summed E-state index contributed by atoms with van der Waals surface area (Å²) in [5.41, 5.74) is 2.68. The van der Waals surface area contributed by atoms with Crippen LogP contribution in [0.1, 0.15) is 44.7 Å². The first kappa shape index (κ1) is 13.2. The molecule has 0 saturated heterocycles. The highest BCUT2D eigenvalue weighted by Gasteiger charge is 2.21. The van der Waals surface area contributed by atoms with Gasteiger partial charge in [-0.1, -0.05) is 50.6 Å². The molecular weight excluding hydrogens is 196 g/mol. The molecule has 0 spiro atoms. The van der Waals surface area contributed by atoms with Crippen LogP contribution in [0.4, 0.5) is 0 Å². The first-order valence-electron chi connectivity index (χ1n) is 6.13. The van der Waals surface area contributed by atoms with Crippen LogP contribution in [0.15, 0.2) is 24.3 Å². The summed E-state index contributed by atoms with van der Waals surface area (Å²) in [7, 11) is 0. The Bertz CT molecular complexity index is 305. The molecule has 16 heavy (non-hydrogen) atoms. The molecule has 0 radical (unpaired) electrons. The van der Waals surface area contributed by atoms with Crippen LogP contribution in [0.25, 0.3) is 0 Å². The van der Waals surface area contributed by atoms with E-state index in [1.807, 2.05) is 0 Å². The zero-order valence-electron chi connectivity index (χ0n) is 11.0. The molecule has 1 aromatic carbocycles. The van der Waals surface area contributed by atoms with Crippen molar-refractivity contribution in [3.63, 3.8) is 0 Å². The van der Waals surface area contributed by atoms with E-state index < -0.39 is 0 Å². The summed E-state index contributed by atoms with van der Waals surface area (Å²) in [5, 5.41) is 9.91. The Balaban J connectivity index is 2.33. The number of hydrogen-bond donors (Lipinski definition) is 1. The number of aryl methyl sites for hydroxylation is 2.